The predicted molar refractivity (Wildman–Crippen MR) is 201 cm³/mol. The first-order valence-electron chi connectivity index (χ1n) is 18.5. The molecule has 1 aromatic carbocycles. The fourth-order valence-electron chi connectivity index (χ4n) is 5.59. The van der Waals surface area contributed by atoms with Crippen LogP contribution in [0, 0.1) is 17.8 Å². The van der Waals surface area contributed by atoms with Crippen molar-refractivity contribution in [2.45, 2.75) is 124 Å². The van der Waals surface area contributed by atoms with Crippen molar-refractivity contribution in [1.82, 2.24) is 25.8 Å². The number of allylic oxidation sites excluding steroid dienone is 1. The van der Waals surface area contributed by atoms with Gasteiger partial charge in [-0.05, 0) is 67.6 Å². The maximum atomic E-state index is 13.6. The summed E-state index contributed by atoms with van der Waals surface area (Å²) in [6, 6.07) is 11.1. The molecule has 0 radical (unpaired) electrons. The van der Waals surface area contributed by atoms with Gasteiger partial charge in [-0.1, -0.05) is 97.2 Å². The third kappa shape index (κ3) is 19.0. The predicted octanol–water partition coefficient (Wildman–Crippen LogP) is 6.54. The first-order chi connectivity index (χ1) is 24.3. The van der Waals surface area contributed by atoms with Gasteiger partial charge in [0.2, 0.25) is 17.7 Å². The van der Waals surface area contributed by atoms with Crippen LogP contribution in [0.4, 0.5) is 4.79 Å². The summed E-state index contributed by atoms with van der Waals surface area (Å²) in [6.45, 7) is 12.8. The minimum absolute atomic E-state index is 0.123. The molecule has 0 spiro atoms. The van der Waals surface area contributed by atoms with Gasteiger partial charge in [0, 0.05) is 37.5 Å². The summed E-state index contributed by atoms with van der Waals surface area (Å²) in [7, 11) is 0. The number of aromatic nitrogens is 1. The van der Waals surface area contributed by atoms with E-state index in [1.165, 1.54) is 10.6 Å². The number of nitrogens with one attached hydrogen (secondary N) is 4. The van der Waals surface area contributed by atoms with Gasteiger partial charge in [-0.15, -0.1) is 0 Å². The average Bonchev–Trinajstić information content (AvgIpc) is 3.62. The lowest BCUT2D eigenvalue weighted by Gasteiger charge is -2.27. The number of ether oxygens (including phenoxy) is 1. The number of carbonyl (C=O) groups excluding carboxylic acids is 5. The summed E-state index contributed by atoms with van der Waals surface area (Å²) in [4.78, 5) is 64.4. The largest absolute Gasteiger partial charge is 0.445 e. The molecule has 1 aromatic heterocycles. The Morgan fingerprint density at radius 3 is 1.88 bits per heavy atom. The highest BCUT2D eigenvalue weighted by molar-refractivity contribution is 5.92. The molecule has 0 fully saturated rings. The van der Waals surface area contributed by atoms with Gasteiger partial charge >= 0.3 is 6.09 Å². The van der Waals surface area contributed by atoms with E-state index < -0.39 is 24.2 Å². The van der Waals surface area contributed by atoms with Gasteiger partial charge < -0.3 is 26.0 Å². The van der Waals surface area contributed by atoms with Crippen LogP contribution >= 0.6 is 0 Å². The molecule has 2 rings (SSSR count). The second-order valence-electron chi connectivity index (χ2n) is 14.5. The number of hydrogen-bond acceptors (Lipinski definition) is 6. The molecule has 0 aliphatic rings. The van der Waals surface area contributed by atoms with E-state index in [2.05, 4.69) is 21.3 Å². The topological polar surface area (TPSA) is 148 Å². The normalized spacial score (nSPS) is 13.2. The number of amides is 4. The Kier molecular flexibility index (Phi) is 20.0. The maximum Gasteiger partial charge on any atom is 0.407 e. The fraction of sp³-hybridized carbons (Fsp3) is 0.575. The van der Waals surface area contributed by atoms with E-state index in [-0.39, 0.29) is 48.0 Å². The monoisotopic (exact) mass is 707 g/mol. The van der Waals surface area contributed by atoms with Gasteiger partial charge in [-0.2, -0.15) is 0 Å². The van der Waals surface area contributed by atoms with E-state index in [9.17, 15) is 24.0 Å². The van der Waals surface area contributed by atoms with E-state index in [4.69, 9.17) is 4.74 Å². The molecule has 282 valence electrons. The molecule has 11 nitrogen and oxygen atoms in total. The second kappa shape index (κ2) is 23.9. The summed E-state index contributed by atoms with van der Waals surface area (Å²) in [5, 5.41) is 11.6. The minimum atomic E-state index is -0.799. The van der Waals surface area contributed by atoms with Crippen molar-refractivity contribution in [2.75, 3.05) is 6.54 Å². The smallest absolute Gasteiger partial charge is 0.407 e. The molecular formula is C40H61N5O6. The standard InChI is InChI=1S/C40H61N5O6/c1-29(2)25-33(20-21-37(47)45-23-15-16-24-45)42-38(48)35(27-31(5)6)44-39(49)34(26-30(3)4)43-36(46)19-13-8-7-9-14-22-41-40(50)51-28-32-17-11-10-12-18-32/h10-12,15-18,20-21,23-24,29-31,33-35H,7-9,13-14,19,22,25-28H2,1-6H3,(H,41,50)(H,42,48)(H,43,46)(H,44,49)/b21-20+. The number of alkyl carbamates (subject to hydrolysis) is 1. The van der Waals surface area contributed by atoms with Crippen molar-refractivity contribution < 1.29 is 28.7 Å². The lowest BCUT2D eigenvalue weighted by Crippen LogP contribution is -2.55. The third-order valence-corrected chi connectivity index (χ3v) is 8.14. The summed E-state index contributed by atoms with van der Waals surface area (Å²) < 4.78 is 6.68. The zero-order valence-electron chi connectivity index (χ0n) is 31.5. The van der Waals surface area contributed by atoms with Gasteiger partial charge in [0.1, 0.15) is 18.7 Å². The summed E-state index contributed by atoms with van der Waals surface area (Å²) >= 11 is 0. The van der Waals surface area contributed by atoms with Crippen molar-refractivity contribution in [2.24, 2.45) is 17.8 Å². The molecule has 0 bridgehead atoms. The highest BCUT2D eigenvalue weighted by Crippen LogP contribution is 2.13. The van der Waals surface area contributed by atoms with Gasteiger partial charge in [0.05, 0.1) is 0 Å². The molecular weight excluding hydrogens is 646 g/mol. The van der Waals surface area contributed by atoms with E-state index in [1.807, 2.05) is 71.9 Å². The molecule has 0 aliphatic heterocycles. The number of hydrogen-bond donors (Lipinski definition) is 4. The lowest BCUT2D eigenvalue weighted by atomic mass is 9.98. The molecule has 4 N–H and O–H groups in total. The summed E-state index contributed by atoms with van der Waals surface area (Å²) in [5.41, 5.74) is 0.935. The van der Waals surface area contributed by atoms with E-state index in [0.717, 1.165) is 31.2 Å². The van der Waals surface area contributed by atoms with Crippen LogP contribution in [-0.2, 0) is 25.7 Å². The fourth-order valence-corrected chi connectivity index (χ4v) is 5.59. The average molecular weight is 708 g/mol. The van der Waals surface area contributed by atoms with Crippen molar-refractivity contribution in [1.29, 1.82) is 0 Å². The Balaban J connectivity index is 1.82. The Morgan fingerprint density at radius 2 is 1.25 bits per heavy atom. The zero-order valence-corrected chi connectivity index (χ0v) is 31.5. The highest BCUT2D eigenvalue weighted by Gasteiger charge is 2.29. The molecule has 2 aromatic rings. The highest BCUT2D eigenvalue weighted by atomic mass is 16.5. The van der Waals surface area contributed by atoms with Gasteiger partial charge in [0.15, 0.2) is 0 Å². The first kappa shape index (κ1) is 42.8. The molecule has 4 amide bonds. The Labute approximate surface area is 304 Å². The van der Waals surface area contributed by atoms with Crippen LogP contribution in [0.2, 0.25) is 0 Å². The van der Waals surface area contributed by atoms with E-state index in [0.29, 0.717) is 38.6 Å². The molecule has 51 heavy (non-hydrogen) atoms. The zero-order chi connectivity index (χ0) is 37.6. The molecule has 11 heteroatoms. The molecule has 0 aliphatic carbocycles. The molecule has 0 saturated carbocycles. The second-order valence-corrected chi connectivity index (χ2v) is 14.5. The van der Waals surface area contributed by atoms with Crippen LogP contribution in [-0.4, -0.2) is 59.0 Å². The van der Waals surface area contributed by atoms with Crippen LogP contribution in [0.1, 0.15) is 110 Å². The van der Waals surface area contributed by atoms with Gasteiger partial charge in [0.25, 0.3) is 5.91 Å². The molecule has 0 saturated heterocycles. The van der Waals surface area contributed by atoms with Crippen molar-refractivity contribution in [3.8, 4) is 0 Å². The number of unbranched alkanes of at least 4 members (excludes halogenated alkanes) is 4. The number of carbonyl (C=O) groups is 5. The van der Waals surface area contributed by atoms with Crippen molar-refractivity contribution in [3.05, 3.63) is 72.6 Å². The van der Waals surface area contributed by atoms with Crippen LogP contribution in [0.5, 0.6) is 0 Å². The number of rotatable bonds is 23. The molecule has 3 atom stereocenters. The SMILES string of the molecule is CC(C)CC(/C=C/C(=O)n1cccc1)NC(=O)C(CC(C)C)NC(=O)C(CC(C)C)NC(=O)CCCCCCCNC(=O)OCc1ccccc1. The third-order valence-electron chi connectivity index (χ3n) is 8.14. The van der Waals surface area contributed by atoms with E-state index in [1.54, 1.807) is 30.6 Å². The Bertz CT molecular complexity index is 1360. The van der Waals surface area contributed by atoms with Gasteiger partial charge in [-0.25, -0.2) is 4.79 Å². The van der Waals surface area contributed by atoms with Gasteiger partial charge in [-0.3, -0.25) is 23.7 Å². The van der Waals surface area contributed by atoms with Crippen molar-refractivity contribution >= 4 is 29.7 Å². The van der Waals surface area contributed by atoms with Crippen LogP contribution < -0.4 is 21.3 Å². The van der Waals surface area contributed by atoms with E-state index >= 15 is 0 Å². The van der Waals surface area contributed by atoms with Crippen molar-refractivity contribution in [3.63, 3.8) is 0 Å². The number of benzene rings is 1. The van der Waals surface area contributed by atoms with Crippen LogP contribution in [0.3, 0.4) is 0 Å². The molecule has 1 heterocycles. The number of nitrogens with zero attached hydrogens (tertiary/aromatic N) is 1. The first-order valence-corrected chi connectivity index (χ1v) is 18.5. The molecule has 3 unspecified atom stereocenters. The van der Waals surface area contributed by atoms with Crippen LogP contribution in [0.25, 0.3) is 0 Å². The van der Waals surface area contributed by atoms with Crippen LogP contribution in [0.15, 0.2) is 67.0 Å². The Hall–Kier alpha value is -4.41. The summed E-state index contributed by atoms with van der Waals surface area (Å²) in [6.07, 6.45) is 12.0. The lowest BCUT2D eigenvalue weighted by molar-refractivity contribution is -0.132. The summed E-state index contributed by atoms with van der Waals surface area (Å²) in [5.74, 6) is -0.602. The quantitative estimate of drug-likeness (QED) is 0.0762. The minimum Gasteiger partial charge on any atom is -0.445 e. The Morgan fingerprint density at radius 1 is 0.686 bits per heavy atom. The maximum absolute atomic E-state index is 13.6.